The molecule has 7 heteroatoms. The minimum absolute atomic E-state index is 0.0413. The number of rotatable bonds is 6. The molecule has 0 aromatic heterocycles. The molecule has 1 heterocycles. The van der Waals surface area contributed by atoms with Gasteiger partial charge in [0.1, 0.15) is 12.1 Å². The molecule has 0 radical (unpaired) electrons. The minimum atomic E-state index is -0.582. The second-order valence-electron chi connectivity index (χ2n) is 8.88. The summed E-state index contributed by atoms with van der Waals surface area (Å²) in [6.45, 7) is 12.7. The number of hydrogen-bond acceptors (Lipinski definition) is 5. The number of nitrogens with zero attached hydrogens (tertiary/aromatic N) is 2. The van der Waals surface area contributed by atoms with Gasteiger partial charge in [0.2, 0.25) is 5.91 Å². The molecule has 1 saturated heterocycles. The molecule has 1 aromatic carbocycles. The van der Waals surface area contributed by atoms with E-state index in [1.807, 2.05) is 12.1 Å². The zero-order valence-electron chi connectivity index (χ0n) is 18.5. The Morgan fingerprint density at radius 3 is 2.24 bits per heavy atom. The second-order valence-corrected chi connectivity index (χ2v) is 8.88. The Balaban J connectivity index is 1.76. The van der Waals surface area contributed by atoms with Gasteiger partial charge in [-0.3, -0.25) is 9.69 Å². The summed E-state index contributed by atoms with van der Waals surface area (Å²) in [5.41, 5.74) is 1.68. The summed E-state index contributed by atoms with van der Waals surface area (Å²) in [5.74, 6) is -0.223. The summed E-state index contributed by atoms with van der Waals surface area (Å²) in [4.78, 5) is 27.7. The van der Waals surface area contributed by atoms with Crippen LogP contribution >= 0.6 is 0 Å². The number of likely N-dealkylation sites (N-methyl/N-ethyl adjacent to an activating group) is 1. The van der Waals surface area contributed by atoms with Crippen molar-refractivity contribution in [1.29, 1.82) is 0 Å². The molecular formula is C22H35N3O4. The lowest BCUT2D eigenvalue weighted by atomic mass is 10.1. The molecule has 162 valence electrons. The lowest BCUT2D eigenvalue weighted by Gasteiger charge is -2.35. The maximum atomic E-state index is 12.1. The van der Waals surface area contributed by atoms with Gasteiger partial charge in [-0.1, -0.05) is 24.3 Å². The number of benzene rings is 1. The van der Waals surface area contributed by atoms with Crippen LogP contribution in [0.3, 0.4) is 0 Å². The molecule has 1 aliphatic rings. The van der Waals surface area contributed by atoms with Gasteiger partial charge in [0.15, 0.2) is 0 Å². The molecule has 1 fully saturated rings. The number of ether oxygens (including phenoxy) is 2. The molecule has 2 rings (SSSR count). The Bertz CT molecular complexity index is 674. The van der Waals surface area contributed by atoms with Gasteiger partial charge >= 0.3 is 6.09 Å². The highest BCUT2D eigenvalue weighted by molar-refractivity contribution is 5.82. The third kappa shape index (κ3) is 8.41. The zero-order valence-corrected chi connectivity index (χ0v) is 18.5. The van der Waals surface area contributed by atoms with Crippen LogP contribution in [0.15, 0.2) is 24.3 Å². The average molecular weight is 406 g/mol. The SMILES string of the molecule is CC1CN(Cc2ccc(CNC(=O)CN(C)C(=O)OC(C)(C)C)cc2)CC(C)O1. The summed E-state index contributed by atoms with van der Waals surface area (Å²) in [7, 11) is 1.55. The van der Waals surface area contributed by atoms with Crippen molar-refractivity contribution in [3.05, 3.63) is 35.4 Å². The van der Waals surface area contributed by atoms with Gasteiger partial charge in [-0.05, 0) is 45.7 Å². The first kappa shape index (κ1) is 23.2. The number of hydrogen-bond donors (Lipinski definition) is 1. The predicted molar refractivity (Wildman–Crippen MR) is 112 cm³/mol. The van der Waals surface area contributed by atoms with Crippen molar-refractivity contribution in [2.45, 2.75) is 65.5 Å². The first-order valence-electron chi connectivity index (χ1n) is 10.2. The molecule has 2 amide bonds. The number of nitrogens with one attached hydrogen (secondary N) is 1. The van der Waals surface area contributed by atoms with Crippen LogP contribution in [0.1, 0.15) is 45.7 Å². The van der Waals surface area contributed by atoms with Crippen molar-refractivity contribution >= 4 is 12.0 Å². The lowest BCUT2D eigenvalue weighted by molar-refractivity contribution is -0.122. The molecular weight excluding hydrogens is 370 g/mol. The predicted octanol–water partition coefficient (Wildman–Crippen LogP) is 2.78. The smallest absolute Gasteiger partial charge is 0.410 e. The first-order chi connectivity index (χ1) is 13.5. The summed E-state index contributed by atoms with van der Waals surface area (Å²) >= 11 is 0. The van der Waals surface area contributed by atoms with Gasteiger partial charge in [-0.2, -0.15) is 0 Å². The molecule has 1 aliphatic heterocycles. The Kier molecular flexibility index (Phi) is 8.05. The first-order valence-corrected chi connectivity index (χ1v) is 10.2. The number of carbonyl (C=O) groups is 2. The van der Waals surface area contributed by atoms with Gasteiger partial charge in [-0.15, -0.1) is 0 Å². The van der Waals surface area contributed by atoms with Crippen LogP contribution in [0.4, 0.5) is 4.79 Å². The lowest BCUT2D eigenvalue weighted by Crippen LogP contribution is -2.44. The Morgan fingerprint density at radius 1 is 1.14 bits per heavy atom. The van der Waals surface area contributed by atoms with E-state index >= 15 is 0 Å². The summed E-state index contributed by atoms with van der Waals surface area (Å²) in [6.07, 6.45) is 0.00264. The van der Waals surface area contributed by atoms with Crippen LogP contribution in [0.25, 0.3) is 0 Å². The van der Waals surface area contributed by atoms with Crippen LogP contribution < -0.4 is 5.32 Å². The fraction of sp³-hybridized carbons (Fsp3) is 0.636. The molecule has 0 spiro atoms. The van der Waals surface area contributed by atoms with Crippen molar-refractivity contribution in [3.8, 4) is 0 Å². The third-order valence-corrected chi connectivity index (χ3v) is 4.50. The summed E-state index contributed by atoms with van der Waals surface area (Å²) < 4.78 is 11.0. The van der Waals surface area contributed by atoms with Gasteiger partial charge in [0.25, 0.3) is 0 Å². The fourth-order valence-electron chi connectivity index (χ4n) is 3.31. The Hall–Kier alpha value is -2.12. The summed E-state index contributed by atoms with van der Waals surface area (Å²) in [5, 5.41) is 2.84. The molecule has 1 aromatic rings. The molecule has 0 aliphatic carbocycles. The highest BCUT2D eigenvalue weighted by Crippen LogP contribution is 2.15. The van der Waals surface area contributed by atoms with E-state index in [0.717, 1.165) is 25.2 Å². The molecule has 1 N–H and O–H groups in total. The van der Waals surface area contributed by atoms with E-state index in [-0.39, 0.29) is 24.7 Å². The standard InChI is InChI=1S/C22H35N3O4/c1-16-12-25(13-17(2)28-16)14-19-9-7-18(8-10-19)11-23-20(26)15-24(6)21(27)29-22(3,4)5/h7-10,16-17H,11-15H2,1-6H3,(H,23,26). The van der Waals surface area contributed by atoms with E-state index in [4.69, 9.17) is 9.47 Å². The van der Waals surface area contributed by atoms with Crippen LogP contribution in [-0.4, -0.2) is 66.3 Å². The molecule has 29 heavy (non-hydrogen) atoms. The third-order valence-electron chi connectivity index (χ3n) is 4.50. The Morgan fingerprint density at radius 2 is 1.69 bits per heavy atom. The van der Waals surface area contributed by atoms with Crippen LogP contribution in [0, 0.1) is 0 Å². The number of amides is 2. The minimum Gasteiger partial charge on any atom is -0.444 e. The average Bonchev–Trinajstić information content (AvgIpc) is 2.58. The molecule has 2 unspecified atom stereocenters. The monoisotopic (exact) mass is 405 g/mol. The van der Waals surface area contributed by atoms with Crippen molar-refractivity contribution in [1.82, 2.24) is 15.1 Å². The van der Waals surface area contributed by atoms with Crippen LogP contribution in [-0.2, 0) is 27.4 Å². The van der Waals surface area contributed by atoms with Crippen molar-refractivity contribution in [2.24, 2.45) is 0 Å². The zero-order chi connectivity index (χ0) is 21.6. The van der Waals surface area contributed by atoms with Gasteiger partial charge < -0.3 is 19.7 Å². The highest BCUT2D eigenvalue weighted by Gasteiger charge is 2.22. The maximum Gasteiger partial charge on any atom is 0.410 e. The van der Waals surface area contributed by atoms with E-state index in [2.05, 4.69) is 36.2 Å². The normalized spacial score (nSPS) is 20.2. The molecule has 0 saturated carbocycles. The van der Waals surface area contributed by atoms with Gasteiger partial charge in [-0.25, -0.2) is 4.79 Å². The van der Waals surface area contributed by atoms with Gasteiger partial charge in [0, 0.05) is 33.2 Å². The highest BCUT2D eigenvalue weighted by atomic mass is 16.6. The largest absolute Gasteiger partial charge is 0.444 e. The quantitative estimate of drug-likeness (QED) is 0.788. The summed E-state index contributed by atoms with van der Waals surface area (Å²) in [6, 6.07) is 8.25. The van der Waals surface area contributed by atoms with E-state index in [1.165, 1.54) is 10.5 Å². The van der Waals surface area contributed by atoms with E-state index in [0.29, 0.717) is 6.54 Å². The molecule has 7 nitrogen and oxygen atoms in total. The number of morpholine rings is 1. The Labute approximate surface area is 174 Å². The van der Waals surface area contributed by atoms with E-state index in [1.54, 1.807) is 27.8 Å². The maximum absolute atomic E-state index is 12.1. The fourth-order valence-corrected chi connectivity index (χ4v) is 3.31. The topological polar surface area (TPSA) is 71.1 Å². The van der Waals surface area contributed by atoms with Crippen molar-refractivity contribution in [3.63, 3.8) is 0 Å². The van der Waals surface area contributed by atoms with Gasteiger partial charge in [0.05, 0.1) is 12.2 Å². The van der Waals surface area contributed by atoms with Crippen LogP contribution in [0.2, 0.25) is 0 Å². The molecule has 0 bridgehead atoms. The van der Waals surface area contributed by atoms with Crippen molar-refractivity contribution in [2.75, 3.05) is 26.7 Å². The van der Waals surface area contributed by atoms with E-state index < -0.39 is 11.7 Å². The van der Waals surface area contributed by atoms with E-state index in [9.17, 15) is 9.59 Å². The van der Waals surface area contributed by atoms with Crippen LogP contribution in [0.5, 0.6) is 0 Å². The second kappa shape index (κ2) is 10.1. The van der Waals surface area contributed by atoms with Crippen molar-refractivity contribution < 1.29 is 19.1 Å². The number of carbonyl (C=O) groups excluding carboxylic acids is 2. The molecule has 2 atom stereocenters.